The standard InChI is InChI=1S/C9H7NO3/c11-9(12)7-1-2-8-6(5-7)3-4-10-13-8/h1-2,4-5H,3H2,(H,11,12). The summed E-state index contributed by atoms with van der Waals surface area (Å²) >= 11 is 0. The molecule has 0 aromatic heterocycles. The summed E-state index contributed by atoms with van der Waals surface area (Å²) in [5, 5.41) is 12.3. The van der Waals surface area contributed by atoms with E-state index in [1.807, 2.05) is 0 Å². The maximum atomic E-state index is 10.6. The number of carbonyl (C=O) groups is 1. The van der Waals surface area contributed by atoms with Gasteiger partial charge < -0.3 is 9.94 Å². The minimum absolute atomic E-state index is 0.276. The second kappa shape index (κ2) is 2.90. The van der Waals surface area contributed by atoms with E-state index < -0.39 is 5.97 Å². The first-order chi connectivity index (χ1) is 6.27. The molecule has 1 aromatic carbocycles. The van der Waals surface area contributed by atoms with Gasteiger partial charge in [0.25, 0.3) is 0 Å². The van der Waals surface area contributed by atoms with Crippen LogP contribution in [0.3, 0.4) is 0 Å². The molecule has 0 saturated carbocycles. The Balaban J connectivity index is 2.44. The van der Waals surface area contributed by atoms with Crippen molar-refractivity contribution in [3.8, 4) is 5.75 Å². The molecule has 66 valence electrons. The topological polar surface area (TPSA) is 58.9 Å². The minimum atomic E-state index is -0.926. The zero-order valence-corrected chi connectivity index (χ0v) is 6.73. The third-order valence-electron chi connectivity index (χ3n) is 1.84. The summed E-state index contributed by atoms with van der Waals surface area (Å²) in [4.78, 5) is 15.5. The summed E-state index contributed by atoms with van der Waals surface area (Å²) in [5.74, 6) is -0.294. The lowest BCUT2D eigenvalue weighted by atomic mass is 10.1. The Kier molecular flexibility index (Phi) is 1.73. The van der Waals surface area contributed by atoms with E-state index >= 15 is 0 Å². The molecule has 0 atom stereocenters. The van der Waals surface area contributed by atoms with E-state index in [9.17, 15) is 4.79 Å². The van der Waals surface area contributed by atoms with Gasteiger partial charge in [-0.25, -0.2) is 4.79 Å². The normalized spacial score (nSPS) is 13.2. The predicted octanol–water partition coefficient (Wildman–Crippen LogP) is 1.31. The van der Waals surface area contributed by atoms with E-state index in [0.29, 0.717) is 12.2 Å². The second-order valence-corrected chi connectivity index (χ2v) is 2.71. The highest BCUT2D eigenvalue weighted by Gasteiger charge is 2.11. The number of rotatable bonds is 1. The fourth-order valence-corrected chi connectivity index (χ4v) is 1.19. The van der Waals surface area contributed by atoms with Crippen LogP contribution in [-0.2, 0) is 6.42 Å². The molecule has 0 saturated heterocycles. The molecule has 0 fully saturated rings. The first kappa shape index (κ1) is 7.79. The van der Waals surface area contributed by atoms with Gasteiger partial charge in [-0.1, -0.05) is 5.16 Å². The van der Waals surface area contributed by atoms with Gasteiger partial charge in [0.15, 0.2) is 5.75 Å². The maximum Gasteiger partial charge on any atom is 0.335 e. The average Bonchev–Trinajstić information content (AvgIpc) is 2.17. The summed E-state index contributed by atoms with van der Waals surface area (Å²) in [6.45, 7) is 0. The monoisotopic (exact) mass is 177 g/mol. The number of fused-ring (bicyclic) bond motifs is 1. The molecule has 4 heteroatoms. The minimum Gasteiger partial charge on any atom is -0.478 e. The van der Waals surface area contributed by atoms with Gasteiger partial charge in [-0.3, -0.25) is 0 Å². The SMILES string of the molecule is O=C(O)c1ccc2c(c1)CC=NO2. The molecule has 4 nitrogen and oxygen atoms in total. The van der Waals surface area contributed by atoms with Crippen LogP contribution in [-0.4, -0.2) is 17.3 Å². The van der Waals surface area contributed by atoms with Crippen LogP contribution in [0.25, 0.3) is 0 Å². The molecule has 1 heterocycles. The molecule has 1 N–H and O–H groups in total. The summed E-state index contributed by atoms with van der Waals surface area (Å²) in [5.41, 5.74) is 1.13. The zero-order chi connectivity index (χ0) is 9.26. The molecule has 1 aromatic rings. The highest BCUT2D eigenvalue weighted by Crippen LogP contribution is 2.22. The molecule has 0 bridgehead atoms. The predicted molar refractivity (Wildman–Crippen MR) is 46.2 cm³/mol. The van der Waals surface area contributed by atoms with Crippen LogP contribution in [0, 0.1) is 0 Å². The van der Waals surface area contributed by atoms with E-state index in [-0.39, 0.29) is 5.56 Å². The Labute approximate surface area is 74.4 Å². The van der Waals surface area contributed by atoms with E-state index in [1.165, 1.54) is 6.07 Å². The lowest BCUT2D eigenvalue weighted by molar-refractivity contribution is 0.0696. The molecule has 13 heavy (non-hydrogen) atoms. The van der Waals surface area contributed by atoms with Crippen LogP contribution >= 0.6 is 0 Å². The third kappa shape index (κ3) is 1.38. The third-order valence-corrected chi connectivity index (χ3v) is 1.84. The molecular weight excluding hydrogens is 170 g/mol. The smallest absolute Gasteiger partial charge is 0.335 e. The van der Waals surface area contributed by atoms with Crippen molar-refractivity contribution in [1.82, 2.24) is 0 Å². The van der Waals surface area contributed by atoms with Gasteiger partial charge >= 0.3 is 5.97 Å². The van der Waals surface area contributed by atoms with Crippen molar-refractivity contribution in [2.24, 2.45) is 5.16 Å². The Morgan fingerprint density at radius 2 is 2.38 bits per heavy atom. The van der Waals surface area contributed by atoms with Crippen molar-refractivity contribution >= 4 is 12.2 Å². The lowest BCUT2D eigenvalue weighted by Crippen LogP contribution is -2.03. The van der Waals surface area contributed by atoms with Crippen molar-refractivity contribution in [3.63, 3.8) is 0 Å². The van der Waals surface area contributed by atoms with Crippen molar-refractivity contribution < 1.29 is 14.7 Å². The van der Waals surface area contributed by atoms with Crippen LogP contribution in [0.15, 0.2) is 23.4 Å². The number of hydrogen-bond donors (Lipinski definition) is 1. The van der Waals surface area contributed by atoms with Crippen LogP contribution < -0.4 is 4.84 Å². The molecule has 2 rings (SSSR count). The molecule has 1 aliphatic rings. The Morgan fingerprint density at radius 1 is 1.54 bits per heavy atom. The number of carboxylic acid groups (broad SMARTS) is 1. The van der Waals surface area contributed by atoms with Gasteiger partial charge in [0.2, 0.25) is 0 Å². The quantitative estimate of drug-likeness (QED) is 0.703. The molecule has 0 radical (unpaired) electrons. The number of oxime groups is 1. The van der Waals surface area contributed by atoms with E-state index in [1.54, 1.807) is 18.3 Å². The Bertz CT molecular complexity index is 384. The van der Waals surface area contributed by atoms with Crippen LogP contribution in [0.2, 0.25) is 0 Å². The maximum absolute atomic E-state index is 10.6. The van der Waals surface area contributed by atoms with Crippen LogP contribution in [0.4, 0.5) is 0 Å². The Hall–Kier alpha value is -1.84. The van der Waals surface area contributed by atoms with Crippen LogP contribution in [0.5, 0.6) is 5.75 Å². The number of carboxylic acids is 1. The molecule has 1 aliphatic heterocycles. The first-order valence-corrected chi connectivity index (χ1v) is 3.82. The fourth-order valence-electron chi connectivity index (χ4n) is 1.19. The number of benzene rings is 1. The summed E-state index contributed by atoms with van der Waals surface area (Å²) in [6, 6.07) is 4.72. The van der Waals surface area contributed by atoms with Gasteiger partial charge in [0, 0.05) is 18.2 Å². The first-order valence-electron chi connectivity index (χ1n) is 3.82. The molecule has 0 aliphatic carbocycles. The van der Waals surface area contributed by atoms with Gasteiger partial charge in [-0.05, 0) is 18.2 Å². The molecular formula is C9H7NO3. The highest BCUT2D eigenvalue weighted by atomic mass is 16.6. The average molecular weight is 177 g/mol. The molecule has 0 amide bonds. The number of hydrogen-bond acceptors (Lipinski definition) is 3. The van der Waals surface area contributed by atoms with E-state index in [0.717, 1.165) is 5.56 Å². The second-order valence-electron chi connectivity index (χ2n) is 2.71. The highest BCUT2D eigenvalue weighted by molar-refractivity contribution is 5.88. The van der Waals surface area contributed by atoms with Crippen LogP contribution in [0.1, 0.15) is 15.9 Å². The van der Waals surface area contributed by atoms with Gasteiger partial charge in [0.05, 0.1) is 5.56 Å². The van der Waals surface area contributed by atoms with Crippen molar-refractivity contribution in [2.45, 2.75) is 6.42 Å². The zero-order valence-electron chi connectivity index (χ0n) is 6.73. The van der Waals surface area contributed by atoms with E-state index in [2.05, 4.69) is 5.16 Å². The summed E-state index contributed by atoms with van der Waals surface area (Å²) in [6.07, 6.45) is 2.23. The van der Waals surface area contributed by atoms with Gasteiger partial charge in [-0.2, -0.15) is 0 Å². The Morgan fingerprint density at radius 3 is 3.15 bits per heavy atom. The summed E-state index contributed by atoms with van der Waals surface area (Å²) < 4.78 is 0. The fraction of sp³-hybridized carbons (Fsp3) is 0.111. The van der Waals surface area contributed by atoms with Crippen molar-refractivity contribution in [1.29, 1.82) is 0 Å². The number of aromatic carboxylic acids is 1. The number of nitrogens with zero attached hydrogens (tertiary/aromatic N) is 1. The largest absolute Gasteiger partial charge is 0.478 e. The lowest BCUT2D eigenvalue weighted by Gasteiger charge is -2.09. The van der Waals surface area contributed by atoms with Crippen molar-refractivity contribution in [2.75, 3.05) is 0 Å². The molecule has 0 unspecified atom stereocenters. The molecule has 0 spiro atoms. The van der Waals surface area contributed by atoms with E-state index in [4.69, 9.17) is 9.94 Å². The van der Waals surface area contributed by atoms with Gasteiger partial charge in [0.1, 0.15) is 0 Å². The summed E-state index contributed by atoms with van der Waals surface area (Å²) in [7, 11) is 0. The van der Waals surface area contributed by atoms with Crippen molar-refractivity contribution in [3.05, 3.63) is 29.3 Å². The van der Waals surface area contributed by atoms with Gasteiger partial charge in [-0.15, -0.1) is 0 Å².